The van der Waals surface area contributed by atoms with E-state index < -0.39 is 0 Å². The van der Waals surface area contributed by atoms with Crippen molar-refractivity contribution in [3.05, 3.63) is 0 Å². The van der Waals surface area contributed by atoms with E-state index in [2.05, 4.69) is 44.8 Å². The molecule has 0 bridgehead atoms. The third kappa shape index (κ3) is 8.41. The van der Waals surface area contributed by atoms with Crippen LogP contribution in [0.5, 0.6) is 0 Å². The van der Waals surface area contributed by atoms with E-state index in [1.807, 2.05) is 0 Å². The molecule has 0 fully saturated rings. The molecule has 1 atom stereocenters. The van der Waals surface area contributed by atoms with Crippen molar-refractivity contribution < 1.29 is 0 Å². The molecule has 1 nitrogen and oxygen atoms in total. The summed E-state index contributed by atoms with van der Waals surface area (Å²) in [5.41, 5.74) is 0. The Balaban J connectivity index is 3.08. The number of thioether (sulfide) groups is 1. The van der Waals surface area contributed by atoms with E-state index in [-0.39, 0.29) is 0 Å². The molecule has 0 aromatic rings. The Morgan fingerprint density at radius 2 is 1.92 bits per heavy atom. The Labute approximate surface area is 81.7 Å². The van der Waals surface area contributed by atoms with Crippen molar-refractivity contribution in [2.75, 3.05) is 18.1 Å². The highest BCUT2D eigenvalue weighted by Crippen LogP contribution is 2.09. The maximum Gasteiger partial charge on any atom is 0.0129 e. The minimum atomic E-state index is 0.673. The molecule has 0 aromatic heterocycles. The predicted molar refractivity (Wildman–Crippen MR) is 59.9 cm³/mol. The molecule has 12 heavy (non-hydrogen) atoms. The molecule has 1 N–H and O–H groups in total. The fourth-order valence-electron chi connectivity index (χ4n) is 0.987. The first-order valence-electron chi connectivity index (χ1n) is 4.98. The van der Waals surface area contributed by atoms with Gasteiger partial charge in [-0.25, -0.2) is 0 Å². The summed E-state index contributed by atoms with van der Waals surface area (Å²) < 4.78 is 0. The van der Waals surface area contributed by atoms with Gasteiger partial charge in [-0.2, -0.15) is 11.8 Å². The molecule has 0 heterocycles. The van der Waals surface area contributed by atoms with Crippen LogP contribution in [0.4, 0.5) is 0 Å². The van der Waals surface area contributed by atoms with Gasteiger partial charge < -0.3 is 5.32 Å². The quantitative estimate of drug-likeness (QED) is 0.618. The summed E-state index contributed by atoms with van der Waals surface area (Å²) >= 11 is 2.07. The summed E-state index contributed by atoms with van der Waals surface area (Å²) in [5, 5.41) is 3.41. The lowest BCUT2D eigenvalue weighted by atomic mass is 10.2. The van der Waals surface area contributed by atoms with Gasteiger partial charge in [0.15, 0.2) is 0 Å². The van der Waals surface area contributed by atoms with E-state index in [9.17, 15) is 0 Å². The Morgan fingerprint density at radius 1 is 1.25 bits per heavy atom. The molecular weight excluding hydrogens is 166 g/mol. The second kappa shape index (κ2) is 7.93. The van der Waals surface area contributed by atoms with Gasteiger partial charge in [-0.05, 0) is 31.6 Å². The lowest BCUT2D eigenvalue weighted by Crippen LogP contribution is -2.27. The highest BCUT2D eigenvalue weighted by atomic mass is 32.2. The highest BCUT2D eigenvalue weighted by molar-refractivity contribution is 7.99. The van der Waals surface area contributed by atoms with E-state index in [0.717, 1.165) is 12.5 Å². The molecule has 0 amide bonds. The molecule has 2 heteroatoms. The molecule has 0 radical (unpaired) electrons. The van der Waals surface area contributed by atoms with Crippen LogP contribution in [0.25, 0.3) is 0 Å². The van der Waals surface area contributed by atoms with Gasteiger partial charge in [0.1, 0.15) is 0 Å². The maximum absolute atomic E-state index is 3.41. The van der Waals surface area contributed by atoms with Crippen molar-refractivity contribution in [1.82, 2.24) is 5.32 Å². The Morgan fingerprint density at radius 3 is 2.42 bits per heavy atom. The Hall–Kier alpha value is 0.310. The van der Waals surface area contributed by atoms with E-state index in [4.69, 9.17) is 0 Å². The smallest absolute Gasteiger partial charge is 0.0129 e. The van der Waals surface area contributed by atoms with Crippen molar-refractivity contribution >= 4 is 11.8 Å². The van der Waals surface area contributed by atoms with Crippen LogP contribution in [0.15, 0.2) is 0 Å². The summed E-state index contributed by atoms with van der Waals surface area (Å²) in [6.45, 7) is 10.1. The normalized spacial score (nSPS) is 13.8. The van der Waals surface area contributed by atoms with Crippen molar-refractivity contribution in [1.29, 1.82) is 0 Å². The molecule has 74 valence electrons. The number of hydrogen-bond acceptors (Lipinski definition) is 2. The molecule has 0 aliphatic heterocycles. The summed E-state index contributed by atoms with van der Waals surface area (Å²) in [7, 11) is 0. The lowest BCUT2D eigenvalue weighted by molar-refractivity contribution is 0.615. The topological polar surface area (TPSA) is 12.0 Å². The molecule has 0 aliphatic carbocycles. The van der Waals surface area contributed by atoms with Crippen LogP contribution in [0.3, 0.4) is 0 Å². The van der Waals surface area contributed by atoms with Gasteiger partial charge in [0.2, 0.25) is 0 Å². The standard InChI is InChI=1S/C10H23NS/c1-5-11-10(4)8-12-7-6-9(2)3/h9-11H,5-8H2,1-4H3. The monoisotopic (exact) mass is 189 g/mol. The first-order valence-corrected chi connectivity index (χ1v) is 6.13. The fraction of sp³-hybridized carbons (Fsp3) is 1.00. The second-order valence-corrected chi connectivity index (χ2v) is 4.87. The zero-order chi connectivity index (χ0) is 9.40. The molecule has 1 unspecified atom stereocenters. The summed E-state index contributed by atoms with van der Waals surface area (Å²) in [4.78, 5) is 0. The van der Waals surface area contributed by atoms with Crippen molar-refractivity contribution in [2.24, 2.45) is 5.92 Å². The van der Waals surface area contributed by atoms with Crippen LogP contribution in [0, 0.1) is 5.92 Å². The van der Waals surface area contributed by atoms with Crippen LogP contribution in [0.1, 0.15) is 34.1 Å². The van der Waals surface area contributed by atoms with Crippen LogP contribution in [0.2, 0.25) is 0 Å². The molecular formula is C10H23NS. The van der Waals surface area contributed by atoms with Crippen LogP contribution < -0.4 is 5.32 Å². The van der Waals surface area contributed by atoms with Crippen LogP contribution in [-0.4, -0.2) is 24.1 Å². The van der Waals surface area contributed by atoms with Gasteiger partial charge >= 0.3 is 0 Å². The molecule has 0 saturated carbocycles. The number of rotatable bonds is 7. The average Bonchev–Trinajstić information content (AvgIpc) is 1.98. The minimum Gasteiger partial charge on any atom is -0.314 e. The third-order valence-electron chi connectivity index (χ3n) is 1.76. The van der Waals surface area contributed by atoms with Gasteiger partial charge in [-0.15, -0.1) is 0 Å². The van der Waals surface area contributed by atoms with Crippen molar-refractivity contribution in [3.63, 3.8) is 0 Å². The van der Waals surface area contributed by atoms with Gasteiger partial charge in [-0.1, -0.05) is 20.8 Å². The lowest BCUT2D eigenvalue weighted by Gasteiger charge is -2.11. The maximum atomic E-state index is 3.41. The van der Waals surface area contributed by atoms with E-state index in [0.29, 0.717) is 6.04 Å². The summed E-state index contributed by atoms with van der Waals surface area (Å²) in [6.07, 6.45) is 1.35. The molecule has 0 spiro atoms. The Bertz CT molecular complexity index is 93.8. The summed E-state index contributed by atoms with van der Waals surface area (Å²) in [5.74, 6) is 3.42. The fourth-order valence-corrected chi connectivity index (χ4v) is 2.26. The van der Waals surface area contributed by atoms with Gasteiger partial charge in [0.05, 0.1) is 0 Å². The molecule has 0 rings (SSSR count). The second-order valence-electron chi connectivity index (χ2n) is 3.72. The molecule has 0 aliphatic rings. The SMILES string of the molecule is CCNC(C)CSCCC(C)C. The zero-order valence-electron chi connectivity index (χ0n) is 8.89. The average molecular weight is 189 g/mol. The zero-order valence-corrected chi connectivity index (χ0v) is 9.71. The number of nitrogens with one attached hydrogen (secondary N) is 1. The van der Waals surface area contributed by atoms with Gasteiger partial charge in [0.25, 0.3) is 0 Å². The Kier molecular flexibility index (Phi) is 8.14. The van der Waals surface area contributed by atoms with Gasteiger partial charge in [0, 0.05) is 11.8 Å². The molecule has 0 aromatic carbocycles. The molecule has 0 saturated heterocycles. The largest absolute Gasteiger partial charge is 0.314 e. The van der Waals surface area contributed by atoms with E-state index >= 15 is 0 Å². The van der Waals surface area contributed by atoms with E-state index in [1.165, 1.54) is 17.9 Å². The minimum absolute atomic E-state index is 0.673. The van der Waals surface area contributed by atoms with Crippen molar-refractivity contribution in [2.45, 2.75) is 40.2 Å². The predicted octanol–water partition coefficient (Wildman–Crippen LogP) is 2.76. The first-order chi connectivity index (χ1) is 5.66. The highest BCUT2D eigenvalue weighted by Gasteiger charge is 1.99. The third-order valence-corrected chi connectivity index (χ3v) is 3.02. The van der Waals surface area contributed by atoms with Gasteiger partial charge in [-0.3, -0.25) is 0 Å². The van der Waals surface area contributed by atoms with Crippen LogP contribution in [-0.2, 0) is 0 Å². The first kappa shape index (κ1) is 12.3. The van der Waals surface area contributed by atoms with E-state index in [1.54, 1.807) is 0 Å². The van der Waals surface area contributed by atoms with Crippen LogP contribution >= 0.6 is 11.8 Å². The van der Waals surface area contributed by atoms with Crippen molar-refractivity contribution in [3.8, 4) is 0 Å². The summed E-state index contributed by atoms with van der Waals surface area (Å²) in [6, 6.07) is 0.673. The number of hydrogen-bond donors (Lipinski definition) is 1.